The molecule has 2 heterocycles. The molecule has 0 aliphatic rings. The second kappa shape index (κ2) is 4.65. The van der Waals surface area contributed by atoms with Gasteiger partial charge in [0, 0.05) is 11.4 Å². The highest BCUT2D eigenvalue weighted by Gasteiger charge is 2.11. The molecule has 1 aromatic carbocycles. The van der Waals surface area contributed by atoms with Crippen molar-refractivity contribution in [2.45, 2.75) is 6.54 Å². The zero-order valence-electron chi connectivity index (χ0n) is 9.57. The Morgan fingerprint density at radius 1 is 1.47 bits per heavy atom. The average molecular weight is 276 g/mol. The molecule has 7 nitrogen and oxygen atoms in total. The van der Waals surface area contributed by atoms with E-state index >= 15 is 0 Å². The van der Waals surface area contributed by atoms with Crippen molar-refractivity contribution in [3.05, 3.63) is 44.9 Å². The number of hydrogen-bond acceptors (Lipinski definition) is 7. The second-order valence-electron chi connectivity index (χ2n) is 3.76. The van der Waals surface area contributed by atoms with E-state index in [9.17, 15) is 10.1 Å². The van der Waals surface area contributed by atoms with E-state index in [-0.39, 0.29) is 5.69 Å². The van der Waals surface area contributed by atoms with Gasteiger partial charge in [0.05, 0.1) is 28.7 Å². The molecule has 3 rings (SSSR count). The van der Waals surface area contributed by atoms with Gasteiger partial charge in [-0.05, 0) is 6.07 Å². The van der Waals surface area contributed by atoms with Gasteiger partial charge < -0.3 is 9.73 Å². The SMILES string of the molecule is O=[N+]([O-])c1ccc2nc(NCc3cscn3)oc2c1. The van der Waals surface area contributed by atoms with Crippen LogP contribution in [0.3, 0.4) is 0 Å². The summed E-state index contributed by atoms with van der Waals surface area (Å²) in [7, 11) is 0. The highest BCUT2D eigenvalue weighted by molar-refractivity contribution is 7.07. The van der Waals surface area contributed by atoms with E-state index in [2.05, 4.69) is 15.3 Å². The number of nitro groups is 1. The van der Waals surface area contributed by atoms with E-state index in [1.54, 1.807) is 11.6 Å². The summed E-state index contributed by atoms with van der Waals surface area (Å²) < 4.78 is 5.41. The zero-order valence-corrected chi connectivity index (χ0v) is 10.4. The predicted octanol–water partition coefficient (Wildman–Crippen LogP) is 2.80. The highest BCUT2D eigenvalue weighted by Crippen LogP contribution is 2.23. The van der Waals surface area contributed by atoms with Crippen molar-refractivity contribution < 1.29 is 9.34 Å². The summed E-state index contributed by atoms with van der Waals surface area (Å²) in [6.07, 6.45) is 0. The van der Waals surface area contributed by atoms with Crippen LogP contribution in [0.4, 0.5) is 11.7 Å². The lowest BCUT2D eigenvalue weighted by atomic mass is 10.3. The van der Waals surface area contributed by atoms with Crippen LogP contribution in [-0.2, 0) is 6.54 Å². The van der Waals surface area contributed by atoms with Crippen LogP contribution >= 0.6 is 11.3 Å². The maximum atomic E-state index is 10.7. The third-order valence-corrected chi connectivity index (χ3v) is 3.12. The molecular weight excluding hydrogens is 268 g/mol. The molecule has 0 radical (unpaired) electrons. The van der Waals surface area contributed by atoms with Crippen LogP contribution in [0.1, 0.15) is 5.69 Å². The maximum absolute atomic E-state index is 10.7. The number of rotatable bonds is 4. The summed E-state index contributed by atoms with van der Waals surface area (Å²) >= 11 is 1.51. The van der Waals surface area contributed by atoms with Gasteiger partial charge in [-0.2, -0.15) is 4.98 Å². The van der Waals surface area contributed by atoms with Gasteiger partial charge in [-0.15, -0.1) is 11.3 Å². The molecule has 3 aromatic rings. The molecule has 19 heavy (non-hydrogen) atoms. The van der Waals surface area contributed by atoms with Crippen molar-refractivity contribution >= 4 is 34.1 Å². The van der Waals surface area contributed by atoms with Crippen LogP contribution in [-0.4, -0.2) is 14.9 Å². The first-order chi connectivity index (χ1) is 9.22. The molecule has 8 heteroatoms. The number of aromatic nitrogens is 2. The van der Waals surface area contributed by atoms with E-state index in [1.807, 2.05) is 5.38 Å². The molecule has 2 aromatic heterocycles. The fourth-order valence-corrected chi connectivity index (χ4v) is 2.15. The maximum Gasteiger partial charge on any atom is 0.296 e. The fourth-order valence-electron chi connectivity index (χ4n) is 1.59. The van der Waals surface area contributed by atoms with Gasteiger partial charge in [0.2, 0.25) is 0 Å². The van der Waals surface area contributed by atoms with Crippen molar-refractivity contribution in [1.29, 1.82) is 0 Å². The summed E-state index contributed by atoms with van der Waals surface area (Å²) in [5.74, 6) is 0. The monoisotopic (exact) mass is 276 g/mol. The first-order valence-electron chi connectivity index (χ1n) is 5.38. The van der Waals surface area contributed by atoms with Crippen molar-refractivity contribution in [2.24, 2.45) is 0 Å². The Hall–Kier alpha value is -2.48. The lowest BCUT2D eigenvalue weighted by molar-refractivity contribution is -0.384. The van der Waals surface area contributed by atoms with Crippen LogP contribution in [0.2, 0.25) is 0 Å². The van der Waals surface area contributed by atoms with Gasteiger partial charge in [-0.25, -0.2) is 4.98 Å². The molecule has 96 valence electrons. The van der Waals surface area contributed by atoms with Gasteiger partial charge in [0.1, 0.15) is 5.52 Å². The van der Waals surface area contributed by atoms with Crippen LogP contribution in [0, 0.1) is 10.1 Å². The number of nitrogens with one attached hydrogen (secondary N) is 1. The van der Waals surface area contributed by atoms with E-state index in [0.717, 1.165) is 5.69 Å². The van der Waals surface area contributed by atoms with E-state index in [4.69, 9.17) is 4.42 Å². The highest BCUT2D eigenvalue weighted by atomic mass is 32.1. The summed E-state index contributed by atoms with van der Waals surface area (Å²) in [4.78, 5) is 18.5. The summed E-state index contributed by atoms with van der Waals surface area (Å²) in [5, 5.41) is 15.6. The third-order valence-electron chi connectivity index (χ3n) is 2.49. The first kappa shape index (κ1) is 11.6. The lowest BCUT2D eigenvalue weighted by Gasteiger charge is -1.96. The van der Waals surface area contributed by atoms with Gasteiger partial charge in [-0.1, -0.05) is 0 Å². The van der Waals surface area contributed by atoms with Gasteiger partial charge in [0.25, 0.3) is 11.7 Å². The minimum absolute atomic E-state index is 0.0188. The molecule has 0 saturated carbocycles. The van der Waals surface area contributed by atoms with Crippen molar-refractivity contribution in [3.8, 4) is 0 Å². The third kappa shape index (κ3) is 2.38. The predicted molar refractivity (Wildman–Crippen MR) is 70.1 cm³/mol. The number of thiazole rings is 1. The molecular formula is C11H8N4O3S. The van der Waals surface area contributed by atoms with E-state index < -0.39 is 4.92 Å². The number of benzene rings is 1. The molecule has 0 unspecified atom stereocenters. The molecule has 0 fully saturated rings. The fraction of sp³-hybridized carbons (Fsp3) is 0.0909. The minimum atomic E-state index is -0.468. The number of fused-ring (bicyclic) bond motifs is 1. The number of anilines is 1. The van der Waals surface area contributed by atoms with Crippen LogP contribution in [0.25, 0.3) is 11.1 Å². The zero-order chi connectivity index (χ0) is 13.2. The quantitative estimate of drug-likeness (QED) is 0.581. The standard InChI is InChI=1S/C11H8N4O3S/c16-15(17)8-1-2-9-10(3-8)18-11(14-9)12-4-7-5-19-6-13-7/h1-3,5-6H,4H2,(H,12,14). The molecule has 0 aliphatic heterocycles. The largest absolute Gasteiger partial charge is 0.423 e. The molecule has 0 amide bonds. The molecule has 0 bridgehead atoms. The number of non-ortho nitro benzene ring substituents is 1. The van der Waals surface area contributed by atoms with Crippen molar-refractivity contribution in [1.82, 2.24) is 9.97 Å². The van der Waals surface area contributed by atoms with Crippen LogP contribution in [0.15, 0.2) is 33.5 Å². The van der Waals surface area contributed by atoms with E-state index in [0.29, 0.717) is 23.7 Å². The average Bonchev–Trinajstić information content (AvgIpc) is 3.04. The van der Waals surface area contributed by atoms with Gasteiger partial charge in [-0.3, -0.25) is 10.1 Å². The normalized spacial score (nSPS) is 10.7. The first-order valence-corrected chi connectivity index (χ1v) is 6.32. The number of hydrogen-bond donors (Lipinski definition) is 1. The Labute approximate surface area is 111 Å². The Bertz CT molecular complexity index is 723. The topological polar surface area (TPSA) is 94.1 Å². The smallest absolute Gasteiger partial charge is 0.296 e. The second-order valence-corrected chi connectivity index (χ2v) is 4.48. The number of oxazole rings is 1. The molecule has 0 saturated heterocycles. The summed E-state index contributed by atoms with van der Waals surface area (Å²) in [5.41, 5.74) is 3.57. The Morgan fingerprint density at radius 3 is 3.11 bits per heavy atom. The van der Waals surface area contributed by atoms with Gasteiger partial charge >= 0.3 is 0 Å². The van der Waals surface area contributed by atoms with Crippen LogP contribution < -0.4 is 5.32 Å². The Morgan fingerprint density at radius 2 is 2.37 bits per heavy atom. The molecule has 1 N–H and O–H groups in total. The van der Waals surface area contributed by atoms with Crippen LogP contribution in [0.5, 0.6) is 0 Å². The number of nitrogens with zero attached hydrogens (tertiary/aromatic N) is 3. The number of nitro benzene ring substituents is 1. The lowest BCUT2D eigenvalue weighted by Crippen LogP contribution is -1.99. The van der Waals surface area contributed by atoms with E-state index in [1.165, 1.54) is 23.5 Å². The van der Waals surface area contributed by atoms with Crippen molar-refractivity contribution in [2.75, 3.05) is 5.32 Å². The molecule has 0 aliphatic carbocycles. The molecule has 0 spiro atoms. The summed E-state index contributed by atoms with van der Waals surface area (Å²) in [6, 6.07) is 4.64. The molecule has 0 atom stereocenters. The Kier molecular flexibility index (Phi) is 2.84. The van der Waals surface area contributed by atoms with Gasteiger partial charge in [0.15, 0.2) is 5.58 Å². The Balaban J connectivity index is 1.83. The van der Waals surface area contributed by atoms with Crippen molar-refractivity contribution in [3.63, 3.8) is 0 Å². The summed E-state index contributed by atoms with van der Waals surface area (Å²) in [6.45, 7) is 0.498. The minimum Gasteiger partial charge on any atom is -0.423 e.